The molecule has 0 aliphatic carbocycles. The molecule has 2 rings (SSSR count). The largest absolute Gasteiger partial charge is 0.681 e. The van der Waals surface area contributed by atoms with Crippen molar-refractivity contribution in [3.05, 3.63) is 27.5 Å². The SMILES string of the molecule is Clc1cc2c(cc1Cl)NCC[N-]2. The third-order valence-corrected chi connectivity index (χ3v) is 2.47. The minimum absolute atomic E-state index is 0.558. The van der Waals surface area contributed by atoms with E-state index in [9.17, 15) is 0 Å². The van der Waals surface area contributed by atoms with Gasteiger partial charge in [-0.2, -0.15) is 0 Å². The number of halogens is 2. The zero-order valence-electron chi connectivity index (χ0n) is 6.27. The van der Waals surface area contributed by atoms with Gasteiger partial charge >= 0.3 is 0 Å². The molecule has 0 saturated heterocycles. The molecular formula is C8H7Cl2N2-. The molecular weight excluding hydrogens is 195 g/mol. The summed E-state index contributed by atoms with van der Waals surface area (Å²) in [5, 5.41) is 8.61. The van der Waals surface area contributed by atoms with E-state index in [1.807, 2.05) is 6.07 Å². The Balaban J connectivity index is 2.49. The lowest BCUT2D eigenvalue weighted by atomic mass is 10.2. The molecule has 0 bridgehead atoms. The first kappa shape index (κ1) is 8.02. The summed E-state index contributed by atoms with van der Waals surface area (Å²) >= 11 is 11.7. The van der Waals surface area contributed by atoms with E-state index in [2.05, 4.69) is 10.6 Å². The summed E-state index contributed by atoms with van der Waals surface area (Å²) in [5.41, 5.74) is 1.87. The molecule has 1 aromatic carbocycles. The Morgan fingerprint density at radius 3 is 2.83 bits per heavy atom. The lowest BCUT2D eigenvalue weighted by molar-refractivity contribution is 1.09. The summed E-state index contributed by atoms with van der Waals surface area (Å²) in [4.78, 5) is 0. The molecule has 0 unspecified atom stereocenters. The van der Waals surface area contributed by atoms with Crippen molar-refractivity contribution in [2.75, 3.05) is 18.4 Å². The first-order valence-electron chi connectivity index (χ1n) is 3.68. The Morgan fingerprint density at radius 1 is 1.25 bits per heavy atom. The van der Waals surface area contributed by atoms with Gasteiger partial charge in [-0.25, -0.2) is 0 Å². The van der Waals surface area contributed by atoms with E-state index in [0.717, 1.165) is 24.5 Å². The topological polar surface area (TPSA) is 26.1 Å². The second-order valence-corrected chi connectivity index (χ2v) is 3.41. The van der Waals surface area contributed by atoms with Crippen LogP contribution in [0.4, 0.5) is 11.4 Å². The molecule has 4 heteroatoms. The van der Waals surface area contributed by atoms with Crippen LogP contribution in [0.3, 0.4) is 0 Å². The summed E-state index contributed by atoms with van der Waals surface area (Å²) < 4.78 is 0. The predicted octanol–water partition coefficient (Wildman–Crippen LogP) is 3.42. The number of nitrogens with zero attached hydrogens (tertiary/aromatic N) is 1. The smallest absolute Gasteiger partial charge is 0.0611 e. The minimum atomic E-state index is 0.558. The van der Waals surface area contributed by atoms with Gasteiger partial charge in [-0.05, 0) is 12.6 Å². The van der Waals surface area contributed by atoms with Gasteiger partial charge in [0.05, 0.1) is 10.0 Å². The van der Waals surface area contributed by atoms with Crippen molar-refractivity contribution < 1.29 is 0 Å². The second kappa shape index (κ2) is 3.04. The lowest BCUT2D eigenvalue weighted by Crippen LogP contribution is -2.10. The maximum Gasteiger partial charge on any atom is 0.0611 e. The molecule has 64 valence electrons. The first-order valence-corrected chi connectivity index (χ1v) is 4.43. The van der Waals surface area contributed by atoms with E-state index in [0.29, 0.717) is 10.0 Å². The summed E-state index contributed by atoms with van der Waals surface area (Å²) in [7, 11) is 0. The van der Waals surface area contributed by atoms with Gasteiger partial charge in [0.1, 0.15) is 0 Å². The molecule has 0 spiro atoms. The predicted molar refractivity (Wildman–Crippen MR) is 52.8 cm³/mol. The molecule has 1 N–H and O–H groups in total. The molecule has 0 atom stereocenters. The fourth-order valence-electron chi connectivity index (χ4n) is 1.18. The normalized spacial score (nSPS) is 14.5. The van der Waals surface area contributed by atoms with E-state index < -0.39 is 0 Å². The quantitative estimate of drug-likeness (QED) is 0.685. The van der Waals surface area contributed by atoms with Crippen molar-refractivity contribution in [1.82, 2.24) is 0 Å². The number of nitrogens with one attached hydrogen (secondary N) is 1. The third-order valence-electron chi connectivity index (χ3n) is 1.75. The van der Waals surface area contributed by atoms with E-state index >= 15 is 0 Å². The summed E-state index contributed by atoms with van der Waals surface area (Å²) in [6.07, 6.45) is 0. The molecule has 0 saturated carbocycles. The average Bonchev–Trinajstić information content (AvgIpc) is 2.07. The van der Waals surface area contributed by atoms with Gasteiger partial charge in [0.2, 0.25) is 0 Å². The molecule has 1 aliphatic rings. The fraction of sp³-hybridized carbons (Fsp3) is 0.250. The van der Waals surface area contributed by atoms with E-state index in [1.54, 1.807) is 6.07 Å². The molecule has 1 aromatic rings. The maximum atomic E-state index is 5.83. The highest BCUT2D eigenvalue weighted by atomic mass is 35.5. The first-order chi connectivity index (χ1) is 5.77. The number of benzene rings is 1. The molecule has 2 nitrogen and oxygen atoms in total. The molecule has 0 amide bonds. The van der Waals surface area contributed by atoms with Crippen molar-refractivity contribution in [1.29, 1.82) is 0 Å². The molecule has 12 heavy (non-hydrogen) atoms. The number of hydrogen-bond acceptors (Lipinski definition) is 1. The van der Waals surface area contributed by atoms with Crippen LogP contribution in [-0.2, 0) is 0 Å². The highest BCUT2D eigenvalue weighted by Gasteiger charge is 2.03. The van der Waals surface area contributed by atoms with Gasteiger partial charge in [0.25, 0.3) is 0 Å². The van der Waals surface area contributed by atoms with E-state index in [1.165, 1.54) is 0 Å². The second-order valence-electron chi connectivity index (χ2n) is 2.59. The molecule has 0 fully saturated rings. The van der Waals surface area contributed by atoms with Gasteiger partial charge in [0.15, 0.2) is 0 Å². The Kier molecular flexibility index (Phi) is 2.03. The summed E-state index contributed by atoms with van der Waals surface area (Å²) in [6, 6.07) is 3.59. The Hall–Kier alpha value is -0.600. The molecule has 1 aliphatic heterocycles. The molecule has 0 aromatic heterocycles. The number of rotatable bonds is 0. The zero-order chi connectivity index (χ0) is 8.55. The van der Waals surface area contributed by atoms with Crippen LogP contribution < -0.4 is 5.32 Å². The Bertz CT molecular complexity index is 281. The van der Waals surface area contributed by atoms with Gasteiger partial charge in [-0.3, -0.25) is 0 Å². The maximum absolute atomic E-state index is 5.83. The van der Waals surface area contributed by atoms with Gasteiger partial charge in [-0.1, -0.05) is 29.3 Å². The van der Waals surface area contributed by atoms with Crippen LogP contribution >= 0.6 is 23.2 Å². The van der Waals surface area contributed by atoms with Crippen LogP contribution in [0, 0.1) is 0 Å². The van der Waals surface area contributed by atoms with Crippen molar-refractivity contribution >= 4 is 34.6 Å². The summed E-state index contributed by atoms with van der Waals surface area (Å²) in [5.74, 6) is 0. The van der Waals surface area contributed by atoms with Crippen LogP contribution in [0.25, 0.3) is 5.32 Å². The van der Waals surface area contributed by atoms with Crippen molar-refractivity contribution in [2.24, 2.45) is 0 Å². The van der Waals surface area contributed by atoms with Crippen LogP contribution in [0.5, 0.6) is 0 Å². The fourth-order valence-corrected chi connectivity index (χ4v) is 1.50. The van der Waals surface area contributed by atoms with Crippen LogP contribution in [0.2, 0.25) is 10.0 Å². The summed E-state index contributed by atoms with van der Waals surface area (Å²) in [6.45, 7) is 1.66. The van der Waals surface area contributed by atoms with Crippen LogP contribution in [0.1, 0.15) is 0 Å². The van der Waals surface area contributed by atoms with Crippen LogP contribution in [0.15, 0.2) is 12.1 Å². The molecule has 1 heterocycles. The lowest BCUT2D eigenvalue weighted by Gasteiger charge is -2.31. The zero-order valence-corrected chi connectivity index (χ0v) is 7.78. The van der Waals surface area contributed by atoms with Gasteiger partial charge in [-0.15, -0.1) is 12.2 Å². The van der Waals surface area contributed by atoms with Gasteiger partial charge < -0.3 is 10.6 Å². The number of fused-ring (bicyclic) bond motifs is 1. The van der Waals surface area contributed by atoms with E-state index in [4.69, 9.17) is 23.2 Å². The number of hydrogen-bond donors (Lipinski definition) is 1. The highest BCUT2D eigenvalue weighted by Crippen LogP contribution is 2.38. The third kappa shape index (κ3) is 1.32. The monoisotopic (exact) mass is 201 g/mol. The average molecular weight is 202 g/mol. The minimum Gasteiger partial charge on any atom is -0.681 e. The van der Waals surface area contributed by atoms with Crippen molar-refractivity contribution in [3.8, 4) is 0 Å². The van der Waals surface area contributed by atoms with Gasteiger partial charge in [0, 0.05) is 5.69 Å². The standard InChI is InChI=1S/C8H7Cl2N2/c9-5-3-7-8(4-6(5)10)12-2-1-11-7/h3-4,11H,1-2H2/q-1. The Morgan fingerprint density at radius 2 is 2.00 bits per heavy atom. The highest BCUT2D eigenvalue weighted by molar-refractivity contribution is 6.42. The van der Waals surface area contributed by atoms with Crippen molar-refractivity contribution in [2.45, 2.75) is 0 Å². The van der Waals surface area contributed by atoms with Crippen LogP contribution in [-0.4, -0.2) is 13.1 Å². The number of anilines is 1. The molecule has 0 radical (unpaired) electrons. The van der Waals surface area contributed by atoms with E-state index in [-0.39, 0.29) is 0 Å². The Labute approximate surface area is 80.9 Å². The van der Waals surface area contributed by atoms with Crippen molar-refractivity contribution in [3.63, 3.8) is 0 Å².